The van der Waals surface area contributed by atoms with Crippen molar-refractivity contribution in [2.24, 2.45) is 10.7 Å². The molecule has 0 fully saturated rings. The lowest BCUT2D eigenvalue weighted by Crippen LogP contribution is -2.30. The van der Waals surface area contributed by atoms with Crippen molar-refractivity contribution >= 4 is 12.2 Å². The Morgan fingerprint density at radius 2 is 2.25 bits per heavy atom. The van der Waals surface area contributed by atoms with Crippen LogP contribution in [-0.4, -0.2) is 23.3 Å². The van der Waals surface area contributed by atoms with Crippen molar-refractivity contribution in [3.8, 4) is 0 Å². The standard InChI is InChI=1S/C8H14N2O2/c1-3-6(10-4-2)5-7(9)8(11)12/h3-4,7H,5,9H2,1-2H3,(H,11,12)/b6-3-,10-4?/t7-/m0/s1. The summed E-state index contributed by atoms with van der Waals surface area (Å²) in [6.07, 6.45) is 3.64. The van der Waals surface area contributed by atoms with Crippen molar-refractivity contribution in [3.63, 3.8) is 0 Å². The Bertz CT molecular complexity index is 209. The van der Waals surface area contributed by atoms with E-state index >= 15 is 0 Å². The molecule has 0 bridgehead atoms. The number of carboxylic acids is 1. The number of carbonyl (C=O) groups is 1. The van der Waals surface area contributed by atoms with Crippen LogP contribution in [0.1, 0.15) is 20.3 Å². The second-order valence-corrected chi connectivity index (χ2v) is 2.32. The van der Waals surface area contributed by atoms with Crippen LogP contribution >= 0.6 is 0 Å². The van der Waals surface area contributed by atoms with Crippen LogP contribution in [0.15, 0.2) is 16.8 Å². The van der Waals surface area contributed by atoms with Crippen LogP contribution in [0.2, 0.25) is 0 Å². The normalized spacial score (nSPS) is 15.1. The molecular formula is C8H14N2O2. The molecule has 0 radical (unpaired) electrons. The monoisotopic (exact) mass is 170 g/mol. The maximum absolute atomic E-state index is 10.4. The molecule has 4 heteroatoms. The van der Waals surface area contributed by atoms with Crippen molar-refractivity contribution < 1.29 is 9.90 Å². The highest BCUT2D eigenvalue weighted by atomic mass is 16.4. The van der Waals surface area contributed by atoms with Crippen molar-refractivity contribution in [1.82, 2.24) is 0 Å². The molecule has 0 aliphatic carbocycles. The minimum absolute atomic E-state index is 0.274. The lowest BCUT2D eigenvalue weighted by atomic mass is 10.2. The van der Waals surface area contributed by atoms with Gasteiger partial charge in [0.05, 0.1) is 0 Å². The highest BCUT2D eigenvalue weighted by Gasteiger charge is 2.12. The molecule has 0 unspecified atom stereocenters. The molecule has 12 heavy (non-hydrogen) atoms. The first-order valence-corrected chi connectivity index (χ1v) is 3.74. The third-order valence-electron chi connectivity index (χ3n) is 1.37. The molecule has 0 spiro atoms. The number of nitrogens with zero attached hydrogens (tertiary/aromatic N) is 1. The van der Waals surface area contributed by atoms with E-state index in [1.54, 1.807) is 26.1 Å². The smallest absolute Gasteiger partial charge is 0.320 e. The van der Waals surface area contributed by atoms with Crippen molar-refractivity contribution in [1.29, 1.82) is 0 Å². The van der Waals surface area contributed by atoms with Gasteiger partial charge in [0.1, 0.15) is 6.04 Å². The first kappa shape index (κ1) is 10.8. The Balaban J connectivity index is 4.13. The molecule has 0 aromatic carbocycles. The van der Waals surface area contributed by atoms with E-state index in [-0.39, 0.29) is 6.42 Å². The Labute approximate surface area is 71.8 Å². The highest BCUT2D eigenvalue weighted by Crippen LogP contribution is 2.04. The van der Waals surface area contributed by atoms with Crippen LogP contribution < -0.4 is 5.73 Å². The van der Waals surface area contributed by atoms with E-state index in [0.29, 0.717) is 5.70 Å². The van der Waals surface area contributed by atoms with Crippen LogP contribution in [0.3, 0.4) is 0 Å². The van der Waals surface area contributed by atoms with Gasteiger partial charge in [0.15, 0.2) is 0 Å². The van der Waals surface area contributed by atoms with Gasteiger partial charge in [0.2, 0.25) is 0 Å². The number of nitrogens with two attached hydrogens (primary N) is 1. The zero-order valence-electron chi connectivity index (χ0n) is 7.32. The average molecular weight is 170 g/mol. The quantitative estimate of drug-likeness (QED) is 0.612. The second kappa shape index (κ2) is 5.49. The summed E-state index contributed by atoms with van der Waals surface area (Å²) in [6.45, 7) is 3.58. The van der Waals surface area contributed by atoms with Gasteiger partial charge in [-0.25, -0.2) is 0 Å². The van der Waals surface area contributed by atoms with Gasteiger partial charge in [-0.05, 0) is 13.8 Å². The highest BCUT2D eigenvalue weighted by molar-refractivity contribution is 5.73. The zero-order chi connectivity index (χ0) is 9.56. The van der Waals surface area contributed by atoms with Crippen LogP contribution in [0, 0.1) is 0 Å². The SMILES string of the molecule is CC=N/C(=C\C)C[C@H](N)C(=O)O. The van der Waals surface area contributed by atoms with Crippen molar-refractivity contribution in [2.45, 2.75) is 26.3 Å². The topological polar surface area (TPSA) is 75.7 Å². The molecule has 68 valence electrons. The molecule has 0 aliphatic rings. The molecule has 3 N–H and O–H groups in total. The molecule has 0 saturated carbocycles. The molecule has 0 rings (SSSR count). The van der Waals surface area contributed by atoms with Crippen LogP contribution in [0.5, 0.6) is 0 Å². The van der Waals surface area contributed by atoms with Gasteiger partial charge in [-0.1, -0.05) is 6.08 Å². The van der Waals surface area contributed by atoms with Crippen LogP contribution in [0.25, 0.3) is 0 Å². The summed E-state index contributed by atoms with van der Waals surface area (Å²) in [6, 6.07) is -0.861. The Kier molecular flexibility index (Phi) is 4.96. The Morgan fingerprint density at radius 3 is 2.58 bits per heavy atom. The van der Waals surface area contributed by atoms with Gasteiger partial charge in [0.25, 0.3) is 0 Å². The summed E-state index contributed by atoms with van der Waals surface area (Å²) < 4.78 is 0. The van der Waals surface area contributed by atoms with E-state index in [4.69, 9.17) is 10.8 Å². The van der Waals surface area contributed by atoms with Gasteiger partial charge in [-0.15, -0.1) is 0 Å². The first-order valence-electron chi connectivity index (χ1n) is 3.74. The summed E-state index contributed by atoms with van der Waals surface area (Å²) in [5, 5.41) is 8.49. The molecular weight excluding hydrogens is 156 g/mol. The number of hydrogen-bond donors (Lipinski definition) is 2. The summed E-state index contributed by atoms with van der Waals surface area (Å²) in [7, 11) is 0. The van der Waals surface area contributed by atoms with Gasteiger partial charge >= 0.3 is 5.97 Å². The summed E-state index contributed by atoms with van der Waals surface area (Å²) >= 11 is 0. The third kappa shape index (κ3) is 3.88. The molecule has 0 aliphatic heterocycles. The Hall–Kier alpha value is -1.16. The van der Waals surface area contributed by atoms with Crippen molar-refractivity contribution in [2.75, 3.05) is 0 Å². The average Bonchev–Trinajstić information content (AvgIpc) is 2.03. The number of aliphatic carboxylic acids is 1. The minimum Gasteiger partial charge on any atom is -0.480 e. The maximum atomic E-state index is 10.4. The first-order chi connectivity index (χ1) is 5.61. The number of rotatable bonds is 4. The minimum atomic E-state index is -0.999. The van der Waals surface area contributed by atoms with E-state index in [0.717, 1.165) is 0 Å². The lowest BCUT2D eigenvalue weighted by Gasteiger charge is -2.05. The molecule has 0 aromatic rings. The van der Waals surface area contributed by atoms with Crippen LogP contribution in [-0.2, 0) is 4.79 Å². The van der Waals surface area contributed by atoms with Crippen LogP contribution in [0.4, 0.5) is 0 Å². The Morgan fingerprint density at radius 1 is 1.67 bits per heavy atom. The maximum Gasteiger partial charge on any atom is 0.320 e. The number of allylic oxidation sites excluding steroid dienone is 1. The summed E-state index contributed by atoms with van der Waals surface area (Å²) in [4.78, 5) is 14.3. The molecule has 1 atom stereocenters. The molecule has 0 saturated heterocycles. The van der Waals surface area contributed by atoms with E-state index in [1.807, 2.05) is 0 Å². The summed E-state index contributed by atoms with van der Waals surface area (Å²) in [5.74, 6) is -0.999. The number of hydrogen-bond acceptors (Lipinski definition) is 3. The molecule has 0 aromatic heterocycles. The molecule has 4 nitrogen and oxygen atoms in total. The fourth-order valence-electron chi connectivity index (χ4n) is 0.724. The lowest BCUT2D eigenvalue weighted by molar-refractivity contribution is -0.138. The molecule has 0 heterocycles. The molecule has 0 amide bonds. The van der Waals surface area contributed by atoms with Gasteiger partial charge < -0.3 is 10.8 Å². The largest absolute Gasteiger partial charge is 0.480 e. The fourth-order valence-corrected chi connectivity index (χ4v) is 0.724. The second-order valence-electron chi connectivity index (χ2n) is 2.32. The predicted octanol–water partition coefficient (Wildman–Crippen LogP) is 0.783. The van der Waals surface area contributed by atoms with E-state index < -0.39 is 12.0 Å². The summed E-state index contributed by atoms with van der Waals surface area (Å²) in [5.41, 5.74) is 6.01. The number of carboxylic acid groups (broad SMARTS) is 1. The van der Waals surface area contributed by atoms with E-state index in [2.05, 4.69) is 4.99 Å². The van der Waals surface area contributed by atoms with E-state index in [9.17, 15) is 4.79 Å². The van der Waals surface area contributed by atoms with E-state index in [1.165, 1.54) is 0 Å². The van der Waals surface area contributed by atoms with Crippen molar-refractivity contribution in [3.05, 3.63) is 11.8 Å². The van der Waals surface area contributed by atoms with Gasteiger partial charge in [-0.3, -0.25) is 9.79 Å². The fraction of sp³-hybridized carbons (Fsp3) is 0.500. The number of aliphatic imine (C=N–C) groups is 1. The van der Waals surface area contributed by atoms with Gasteiger partial charge in [0, 0.05) is 18.3 Å². The van der Waals surface area contributed by atoms with Gasteiger partial charge in [-0.2, -0.15) is 0 Å². The zero-order valence-corrected chi connectivity index (χ0v) is 7.32. The third-order valence-corrected chi connectivity index (χ3v) is 1.37. The predicted molar refractivity (Wildman–Crippen MR) is 48.2 cm³/mol.